The predicted octanol–water partition coefficient (Wildman–Crippen LogP) is 4.46. The molecule has 0 saturated carbocycles. The maximum atomic E-state index is 14.4. The van der Waals surface area contributed by atoms with E-state index in [0.717, 1.165) is 24.6 Å². The van der Waals surface area contributed by atoms with Crippen molar-refractivity contribution in [1.29, 1.82) is 0 Å². The number of fused-ring (bicyclic) bond motifs is 3. The van der Waals surface area contributed by atoms with Crippen molar-refractivity contribution in [3.8, 4) is 11.3 Å². The quantitative estimate of drug-likeness (QED) is 0.718. The van der Waals surface area contributed by atoms with Crippen molar-refractivity contribution in [2.75, 3.05) is 0 Å². The monoisotopic (exact) mass is 286 g/mol. The van der Waals surface area contributed by atoms with E-state index in [9.17, 15) is 8.78 Å². The predicted molar refractivity (Wildman–Crippen MR) is 79.6 cm³/mol. The van der Waals surface area contributed by atoms with Crippen molar-refractivity contribution in [3.05, 3.63) is 59.8 Å². The van der Waals surface area contributed by atoms with Gasteiger partial charge in [-0.1, -0.05) is 19.9 Å². The zero-order valence-corrected chi connectivity index (χ0v) is 12.2. The van der Waals surface area contributed by atoms with Crippen LogP contribution in [-0.2, 0) is 5.54 Å². The van der Waals surface area contributed by atoms with Crippen molar-refractivity contribution in [3.63, 3.8) is 0 Å². The average molecular weight is 286 g/mol. The molecule has 0 spiro atoms. The van der Waals surface area contributed by atoms with Crippen LogP contribution in [0.4, 0.5) is 8.78 Å². The molecule has 1 aliphatic rings. The van der Waals surface area contributed by atoms with Gasteiger partial charge in [0.15, 0.2) is 11.7 Å². The number of halogens is 2. The Morgan fingerprint density at radius 1 is 1.10 bits per heavy atom. The molecule has 108 valence electrons. The molecule has 1 nitrogen and oxygen atoms in total. The molecule has 0 saturated heterocycles. The molecule has 0 fully saturated rings. The Balaban J connectivity index is 2.39. The lowest BCUT2D eigenvalue weighted by Gasteiger charge is -2.23. The van der Waals surface area contributed by atoms with E-state index in [1.807, 2.05) is 30.5 Å². The van der Waals surface area contributed by atoms with Gasteiger partial charge in [-0.05, 0) is 23.8 Å². The molecule has 0 aliphatic carbocycles. The molecule has 0 unspecified atom stereocenters. The van der Waals surface area contributed by atoms with Crippen LogP contribution in [0.2, 0.25) is 0 Å². The highest BCUT2D eigenvalue weighted by Gasteiger charge is 2.38. The first kappa shape index (κ1) is 13.9. The molecule has 1 aromatic carbocycles. The Morgan fingerprint density at radius 2 is 1.86 bits per heavy atom. The standard InChI is InChI=1S/C18H18F2N/c1-3-18(4-2)9-8-13-11-14(19)12-15(20)17(13)16-7-5-6-10-21(16)18/h5-12H,3-4H2,1-2H3/q+1. The minimum Gasteiger partial charge on any atom is -0.207 e. The average Bonchev–Trinajstić information content (AvgIpc) is 2.62. The fraction of sp³-hybridized carbons (Fsp3) is 0.278. The van der Waals surface area contributed by atoms with Gasteiger partial charge in [-0.15, -0.1) is 0 Å². The molecule has 1 aliphatic heterocycles. The number of hydrogen-bond donors (Lipinski definition) is 0. The number of nitrogens with zero attached hydrogens (tertiary/aromatic N) is 1. The lowest BCUT2D eigenvalue weighted by molar-refractivity contribution is -0.743. The summed E-state index contributed by atoms with van der Waals surface area (Å²) < 4.78 is 30.0. The number of allylic oxidation sites excluding steroid dienone is 1. The van der Waals surface area contributed by atoms with Crippen molar-refractivity contribution >= 4 is 6.08 Å². The second-order valence-corrected chi connectivity index (χ2v) is 5.45. The molecule has 0 bridgehead atoms. The summed E-state index contributed by atoms with van der Waals surface area (Å²) in [4.78, 5) is 0. The van der Waals surface area contributed by atoms with Crippen LogP contribution in [0.25, 0.3) is 17.3 Å². The third kappa shape index (κ3) is 2.08. The summed E-state index contributed by atoms with van der Waals surface area (Å²) in [6.07, 6.45) is 7.67. The number of rotatable bonds is 2. The first-order valence-electron chi connectivity index (χ1n) is 7.31. The second kappa shape index (κ2) is 5.06. The molecule has 2 aromatic rings. The van der Waals surface area contributed by atoms with Crippen LogP contribution in [0.5, 0.6) is 0 Å². The zero-order valence-electron chi connectivity index (χ0n) is 12.2. The van der Waals surface area contributed by atoms with E-state index in [1.54, 1.807) is 0 Å². The van der Waals surface area contributed by atoms with E-state index in [0.29, 0.717) is 11.1 Å². The summed E-state index contributed by atoms with van der Waals surface area (Å²) in [6.45, 7) is 4.23. The van der Waals surface area contributed by atoms with Crippen LogP contribution in [0, 0.1) is 11.6 Å². The molecule has 0 N–H and O–H groups in total. The van der Waals surface area contributed by atoms with Crippen molar-refractivity contribution in [2.24, 2.45) is 0 Å². The summed E-state index contributed by atoms with van der Waals surface area (Å²) in [7, 11) is 0. The largest absolute Gasteiger partial charge is 0.216 e. The van der Waals surface area contributed by atoms with Gasteiger partial charge >= 0.3 is 0 Å². The molecule has 0 amide bonds. The van der Waals surface area contributed by atoms with Crippen molar-refractivity contribution in [1.82, 2.24) is 0 Å². The third-order valence-corrected chi connectivity index (χ3v) is 4.48. The number of hydrogen-bond acceptors (Lipinski definition) is 0. The highest BCUT2D eigenvalue weighted by atomic mass is 19.1. The van der Waals surface area contributed by atoms with Gasteiger partial charge in [0.2, 0.25) is 5.69 Å². The van der Waals surface area contributed by atoms with E-state index in [1.165, 1.54) is 6.07 Å². The first-order chi connectivity index (χ1) is 10.1. The Labute approximate surface area is 123 Å². The molecule has 2 heterocycles. The van der Waals surface area contributed by atoms with Gasteiger partial charge in [-0.25, -0.2) is 8.78 Å². The summed E-state index contributed by atoms with van der Waals surface area (Å²) in [6, 6.07) is 8.08. The van der Waals surface area contributed by atoms with Crippen molar-refractivity contribution < 1.29 is 13.3 Å². The molecule has 21 heavy (non-hydrogen) atoms. The number of aromatic nitrogens is 1. The lowest BCUT2D eigenvalue weighted by Crippen LogP contribution is -2.55. The molecule has 3 rings (SSSR count). The smallest absolute Gasteiger partial charge is 0.207 e. The topological polar surface area (TPSA) is 3.88 Å². The van der Waals surface area contributed by atoms with Gasteiger partial charge in [0.05, 0.1) is 5.56 Å². The summed E-state index contributed by atoms with van der Waals surface area (Å²) in [5.41, 5.74) is 1.64. The fourth-order valence-corrected chi connectivity index (χ4v) is 3.18. The maximum Gasteiger partial charge on any atom is 0.216 e. The Bertz CT molecular complexity index is 715. The van der Waals surface area contributed by atoms with E-state index in [4.69, 9.17) is 0 Å². The van der Waals surface area contributed by atoms with E-state index >= 15 is 0 Å². The van der Waals surface area contributed by atoms with Gasteiger partial charge < -0.3 is 0 Å². The first-order valence-corrected chi connectivity index (χ1v) is 7.31. The fourth-order valence-electron chi connectivity index (χ4n) is 3.18. The minimum atomic E-state index is -0.543. The SMILES string of the molecule is CCC1(CC)C=Cc2cc(F)cc(F)c2-c2cccc[n+]21. The zero-order chi connectivity index (χ0) is 15.0. The second-order valence-electron chi connectivity index (χ2n) is 5.45. The van der Waals surface area contributed by atoms with Crippen LogP contribution in [-0.4, -0.2) is 0 Å². The van der Waals surface area contributed by atoms with Gasteiger partial charge in [-0.2, -0.15) is 4.57 Å². The highest BCUT2D eigenvalue weighted by molar-refractivity contribution is 5.73. The van der Waals surface area contributed by atoms with Gasteiger partial charge in [0.1, 0.15) is 11.6 Å². The molecular formula is C18H18F2N+. The molecule has 1 aromatic heterocycles. The Kier molecular flexibility index (Phi) is 3.36. The summed E-state index contributed by atoms with van der Waals surface area (Å²) in [5, 5.41) is 0. The van der Waals surface area contributed by atoms with Crippen LogP contribution >= 0.6 is 0 Å². The van der Waals surface area contributed by atoms with Crippen LogP contribution in [0.3, 0.4) is 0 Å². The van der Waals surface area contributed by atoms with Crippen molar-refractivity contribution in [2.45, 2.75) is 32.2 Å². The van der Waals surface area contributed by atoms with Gasteiger partial charge in [0.25, 0.3) is 0 Å². The summed E-state index contributed by atoms with van der Waals surface area (Å²) in [5.74, 6) is -1.06. The van der Waals surface area contributed by atoms with Crippen LogP contribution < -0.4 is 4.57 Å². The maximum absolute atomic E-state index is 14.4. The Morgan fingerprint density at radius 3 is 2.57 bits per heavy atom. The summed E-state index contributed by atoms with van der Waals surface area (Å²) >= 11 is 0. The molecular weight excluding hydrogens is 268 g/mol. The third-order valence-electron chi connectivity index (χ3n) is 4.48. The number of benzene rings is 1. The van der Waals surface area contributed by atoms with Crippen LogP contribution in [0.1, 0.15) is 32.3 Å². The lowest BCUT2D eigenvalue weighted by atomic mass is 9.91. The van der Waals surface area contributed by atoms with E-state index < -0.39 is 11.6 Å². The van der Waals surface area contributed by atoms with Gasteiger partial charge in [-0.3, -0.25) is 0 Å². The van der Waals surface area contributed by atoms with E-state index in [2.05, 4.69) is 24.5 Å². The molecule has 0 radical (unpaired) electrons. The molecule has 3 heteroatoms. The Hall–Kier alpha value is -2.03. The normalized spacial score (nSPS) is 15.2. The van der Waals surface area contributed by atoms with E-state index in [-0.39, 0.29) is 5.54 Å². The van der Waals surface area contributed by atoms with Crippen LogP contribution in [0.15, 0.2) is 42.6 Å². The molecule has 0 atom stereocenters. The number of pyridine rings is 1. The highest BCUT2D eigenvalue weighted by Crippen LogP contribution is 2.34. The minimum absolute atomic E-state index is 0.210. The van der Waals surface area contributed by atoms with Gasteiger partial charge in [0, 0.05) is 31.0 Å².